The first-order valence-electron chi connectivity index (χ1n) is 12.9. The van der Waals surface area contributed by atoms with Crippen molar-refractivity contribution in [3.05, 3.63) is 75.9 Å². The number of carbonyl (C=O) groups is 1. The first-order chi connectivity index (χ1) is 18.0. The molecule has 0 spiro atoms. The Morgan fingerprint density at radius 2 is 1.65 bits per heavy atom. The van der Waals surface area contributed by atoms with Gasteiger partial charge in [-0.25, -0.2) is 4.98 Å². The number of anilines is 1. The Morgan fingerprint density at radius 1 is 0.973 bits per heavy atom. The lowest BCUT2D eigenvalue weighted by molar-refractivity contribution is 0.0644. The summed E-state index contributed by atoms with van der Waals surface area (Å²) in [7, 11) is 0. The van der Waals surface area contributed by atoms with Gasteiger partial charge in [-0.3, -0.25) is 4.79 Å². The summed E-state index contributed by atoms with van der Waals surface area (Å²) >= 11 is 12.5. The molecule has 2 aromatic carbocycles. The summed E-state index contributed by atoms with van der Waals surface area (Å²) in [5.74, 6) is 0.920. The van der Waals surface area contributed by atoms with Crippen LogP contribution >= 0.6 is 23.2 Å². The number of likely N-dealkylation sites (tertiary alicyclic amines) is 2. The van der Waals surface area contributed by atoms with Crippen molar-refractivity contribution in [1.82, 2.24) is 14.8 Å². The molecule has 8 heteroatoms. The highest BCUT2D eigenvalue weighted by Crippen LogP contribution is 2.29. The normalized spacial score (nSPS) is 16.8. The van der Waals surface area contributed by atoms with Crippen molar-refractivity contribution in [2.24, 2.45) is 0 Å². The molecule has 0 saturated carbocycles. The van der Waals surface area contributed by atoms with Crippen molar-refractivity contribution in [3.8, 4) is 16.9 Å². The van der Waals surface area contributed by atoms with Crippen molar-refractivity contribution in [3.63, 3.8) is 0 Å². The Morgan fingerprint density at radius 3 is 2.32 bits per heavy atom. The average Bonchev–Trinajstić information content (AvgIpc) is 3.46. The summed E-state index contributed by atoms with van der Waals surface area (Å²) in [6, 6.07) is 15.6. The van der Waals surface area contributed by atoms with E-state index in [-0.39, 0.29) is 5.91 Å². The Kier molecular flexibility index (Phi) is 8.18. The van der Waals surface area contributed by atoms with Gasteiger partial charge >= 0.3 is 0 Å². The van der Waals surface area contributed by atoms with Gasteiger partial charge in [0.15, 0.2) is 11.6 Å². The van der Waals surface area contributed by atoms with E-state index in [1.165, 1.54) is 25.9 Å². The van der Waals surface area contributed by atoms with E-state index in [4.69, 9.17) is 33.7 Å². The second-order valence-electron chi connectivity index (χ2n) is 9.75. The minimum absolute atomic E-state index is 0.101. The number of nitrogen functional groups attached to an aromatic ring is 1. The van der Waals surface area contributed by atoms with Crippen LogP contribution in [0.15, 0.2) is 54.7 Å². The van der Waals surface area contributed by atoms with Gasteiger partial charge in [-0.05, 0) is 80.2 Å². The fourth-order valence-electron chi connectivity index (χ4n) is 5.29. The molecule has 2 fully saturated rings. The molecule has 0 aliphatic carbocycles. The summed E-state index contributed by atoms with van der Waals surface area (Å²) in [5.41, 5.74) is 9.42. The number of ether oxygens (including phenoxy) is 1. The largest absolute Gasteiger partial charge is 0.489 e. The predicted molar refractivity (Wildman–Crippen MR) is 149 cm³/mol. The van der Waals surface area contributed by atoms with Gasteiger partial charge in [0.1, 0.15) is 0 Å². The fourth-order valence-corrected chi connectivity index (χ4v) is 5.88. The van der Waals surface area contributed by atoms with E-state index in [2.05, 4.69) is 9.88 Å². The smallest absolute Gasteiger partial charge is 0.253 e. The highest BCUT2D eigenvalue weighted by atomic mass is 35.5. The van der Waals surface area contributed by atoms with Crippen molar-refractivity contribution >= 4 is 34.9 Å². The van der Waals surface area contributed by atoms with E-state index in [1.807, 2.05) is 53.4 Å². The summed E-state index contributed by atoms with van der Waals surface area (Å²) < 4.78 is 5.93. The summed E-state index contributed by atoms with van der Waals surface area (Å²) in [4.78, 5) is 22.0. The molecule has 3 aromatic rings. The van der Waals surface area contributed by atoms with E-state index < -0.39 is 0 Å². The maximum Gasteiger partial charge on any atom is 0.253 e. The molecule has 0 bridgehead atoms. The lowest BCUT2D eigenvalue weighted by Crippen LogP contribution is -2.45. The number of piperidine rings is 1. The molecule has 0 atom stereocenters. The standard InChI is InChI=1S/C29H32Cl2N4O2/c30-25-4-3-5-26(31)24(25)12-17-37-27-18-22(19-33-28(27)32)20-6-8-21(9-7-20)29(36)35-15-10-23(11-16-35)34-13-1-2-14-34/h3-9,18-19,23H,1-2,10-17H2,(H2,32,33). The Balaban J connectivity index is 1.20. The maximum atomic E-state index is 13.1. The Labute approximate surface area is 228 Å². The number of hydrogen-bond donors (Lipinski definition) is 1. The number of hydrogen-bond acceptors (Lipinski definition) is 5. The third-order valence-electron chi connectivity index (χ3n) is 7.43. The first-order valence-corrected chi connectivity index (χ1v) is 13.7. The zero-order chi connectivity index (χ0) is 25.8. The number of halogens is 2. The van der Waals surface area contributed by atoms with E-state index in [0.29, 0.717) is 46.2 Å². The van der Waals surface area contributed by atoms with Crippen molar-refractivity contribution in [1.29, 1.82) is 0 Å². The van der Waals surface area contributed by atoms with Crippen LogP contribution in [0.1, 0.15) is 41.6 Å². The predicted octanol–water partition coefficient (Wildman–Crippen LogP) is 5.96. The molecule has 1 aromatic heterocycles. The number of aromatic nitrogens is 1. The topological polar surface area (TPSA) is 71.7 Å². The molecule has 1 amide bonds. The number of rotatable bonds is 7. The summed E-state index contributed by atoms with van der Waals surface area (Å²) in [5, 5.41) is 1.23. The number of nitrogens with zero attached hydrogens (tertiary/aromatic N) is 3. The lowest BCUT2D eigenvalue weighted by Gasteiger charge is -2.36. The average molecular weight is 540 g/mol. The van der Waals surface area contributed by atoms with Crippen molar-refractivity contribution < 1.29 is 9.53 Å². The second kappa shape index (κ2) is 11.7. The van der Waals surface area contributed by atoms with Crippen molar-refractivity contribution in [2.45, 2.75) is 38.1 Å². The van der Waals surface area contributed by atoms with E-state index in [0.717, 1.165) is 42.6 Å². The molecule has 2 aliphatic heterocycles. The van der Waals surface area contributed by atoms with Crippen LogP contribution in [0, 0.1) is 0 Å². The van der Waals surface area contributed by atoms with Crippen LogP contribution in [0.5, 0.6) is 5.75 Å². The van der Waals surface area contributed by atoms with Crippen LogP contribution in [-0.2, 0) is 6.42 Å². The van der Waals surface area contributed by atoms with Crippen LogP contribution in [-0.4, -0.2) is 59.5 Å². The molecule has 0 radical (unpaired) electrons. The lowest BCUT2D eigenvalue weighted by atomic mass is 10.0. The molecule has 3 heterocycles. The van der Waals surface area contributed by atoms with Gasteiger partial charge in [-0.1, -0.05) is 41.4 Å². The summed E-state index contributed by atoms with van der Waals surface area (Å²) in [6.45, 7) is 4.43. The molecule has 0 unspecified atom stereocenters. The number of amides is 1. The molecule has 5 rings (SSSR count). The molecular weight excluding hydrogens is 507 g/mol. The first kappa shape index (κ1) is 25.8. The minimum Gasteiger partial charge on any atom is -0.489 e. The van der Waals surface area contributed by atoms with Crippen LogP contribution in [0.3, 0.4) is 0 Å². The highest BCUT2D eigenvalue weighted by Gasteiger charge is 2.28. The van der Waals surface area contributed by atoms with E-state index in [9.17, 15) is 4.79 Å². The van der Waals surface area contributed by atoms with Gasteiger partial charge in [0.05, 0.1) is 6.61 Å². The quantitative estimate of drug-likeness (QED) is 0.401. The SMILES string of the molecule is Nc1ncc(-c2ccc(C(=O)N3CCC(N4CCCC4)CC3)cc2)cc1OCCc1c(Cl)cccc1Cl. The fraction of sp³-hybridized carbons (Fsp3) is 0.379. The van der Waals surface area contributed by atoms with Gasteiger partial charge in [-0.2, -0.15) is 0 Å². The molecular formula is C29H32Cl2N4O2. The Hall–Kier alpha value is -2.80. The summed E-state index contributed by atoms with van der Waals surface area (Å²) in [6.07, 6.45) is 7.00. The van der Waals surface area contributed by atoms with Crippen LogP contribution in [0.25, 0.3) is 11.1 Å². The third kappa shape index (κ3) is 6.03. The van der Waals surface area contributed by atoms with Gasteiger partial charge < -0.3 is 20.3 Å². The van der Waals surface area contributed by atoms with Crippen LogP contribution in [0.2, 0.25) is 10.0 Å². The van der Waals surface area contributed by atoms with E-state index >= 15 is 0 Å². The van der Waals surface area contributed by atoms with Gasteiger partial charge in [0, 0.05) is 52.9 Å². The molecule has 6 nitrogen and oxygen atoms in total. The number of pyridine rings is 1. The second-order valence-corrected chi connectivity index (χ2v) is 10.6. The highest BCUT2D eigenvalue weighted by molar-refractivity contribution is 6.36. The van der Waals surface area contributed by atoms with Gasteiger partial charge in [0.25, 0.3) is 5.91 Å². The van der Waals surface area contributed by atoms with Gasteiger partial charge in [0.2, 0.25) is 0 Å². The molecule has 2 aliphatic rings. The zero-order valence-electron chi connectivity index (χ0n) is 20.8. The van der Waals surface area contributed by atoms with Crippen LogP contribution in [0.4, 0.5) is 5.82 Å². The zero-order valence-corrected chi connectivity index (χ0v) is 22.3. The molecule has 2 N–H and O–H groups in total. The van der Waals surface area contributed by atoms with Gasteiger partial charge in [-0.15, -0.1) is 0 Å². The van der Waals surface area contributed by atoms with E-state index in [1.54, 1.807) is 6.20 Å². The maximum absolute atomic E-state index is 13.1. The van der Waals surface area contributed by atoms with Crippen LogP contribution < -0.4 is 10.5 Å². The molecule has 2 saturated heterocycles. The third-order valence-corrected chi connectivity index (χ3v) is 8.14. The molecule has 194 valence electrons. The number of carbonyl (C=O) groups excluding carboxylic acids is 1. The van der Waals surface area contributed by atoms with Crippen molar-refractivity contribution in [2.75, 3.05) is 38.5 Å². The number of benzene rings is 2. The monoisotopic (exact) mass is 538 g/mol. The number of nitrogens with two attached hydrogens (primary N) is 1. The molecule has 37 heavy (non-hydrogen) atoms. The minimum atomic E-state index is 0.101. The Bertz CT molecular complexity index is 1220.